The summed E-state index contributed by atoms with van der Waals surface area (Å²) in [6.45, 7) is 8.08. The lowest BCUT2D eigenvalue weighted by atomic mass is 9.66. The van der Waals surface area contributed by atoms with Crippen LogP contribution in [-0.2, 0) is 20.4 Å². The zero-order valence-electron chi connectivity index (χ0n) is 21.1. The molecule has 0 bridgehead atoms. The van der Waals surface area contributed by atoms with E-state index >= 15 is 0 Å². The molecule has 0 saturated carbocycles. The van der Waals surface area contributed by atoms with Crippen LogP contribution in [0, 0.1) is 11.3 Å². The highest BCUT2D eigenvalue weighted by Crippen LogP contribution is 2.46. The number of rotatable bonds is 7. The molecular formula is C25H33ClN4O5S. The zero-order chi connectivity index (χ0) is 26.9. The first-order chi connectivity index (χ1) is 16.6. The van der Waals surface area contributed by atoms with Crippen LogP contribution in [0.1, 0.15) is 50.2 Å². The third kappa shape index (κ3) is 6.16. The molecule has 36 heavy (non-hydrogen) atoms. The van der Waals surface area contributed by atoms with Crippen molar-refractivity contribution in [2.45, 2.75) is 45.8 Å². The highest BCUT2D eigenvalue weighted by Gasteiger charge is 2.50. The standard InChI is InChI=1S/C25H33ClN4O5S/c1-16(2)21(28-22(31)19-7-6-8-20(27-19)29-36(5,34)35)23(32)30-14-13-25(33,24(3,4)15-30)17-9-11-18(26)12-10-17/h6-12,16,21,33H,13-15H2,1-5H3,(H,27,29)(H,28,31)/t21-,25+/m1/s1. The van der Waals surface area contributed by atoms with E-state index in [1.54, 1.807) is 29.2 Å². The number of nitrogens with zero attached hydrogens (tertiary/aromatic N) is 2. The van der Waals surface area contributed by atoms with E-state index < -0.39 is 33.0 Å². The number of amides is 2. The summed E-state index contributed by atoms with van der Waals surface area (Å²) in [5, 5.41) is 14.9. The quantitative estimate of drug-likeness (QED) is 0.499. The molecule has 2 amide bonds. The number of nitrogens with one attached hydrogen (secondary N) is 2. The second-order valence-corrected chi connectivity index (χ2v) is 12.4. The number of aromatic nitrogens is 1. The third-order valence-corrected chi connectivity index (χ3v) is 7.41. The van der Waals surface area contributed by atoms with Crippen molar-refractivity contribution in [1.29, 1.82) is 0 Å². The van der Waals surface area contributed by atoms with E-state index in [4.69, 9.17) is 11.6 Å². The van der Waals surface area contributed by atoms with Gasteiger partial charge in [0, 0.05) is 23.5 Å². The summed E-state index contributed by atoms with van der Waals surface area (Å²) in [4.78, 5) is 32.2. The first-order valence-corrected chi connectivity index (χ1v) is 13.9. The van der Waals surface area contributed by atoms with Crippen molar-refractivity contribution in [1.82, 2.24) is 15.2 Å². The van der Waals surface area contributed by atoms with Gasteiger partial charge in [0.1, 0.15) is 17.6 Å². The van der Waals surface area contributed by atoms with Crippen molar-refractivity contribution in [2.24, 2.45) is 11.3 Å². The lowest BCUT2D eigenvalue weighted by molar-refractivity contribution is -0.155. The van der Waals surface area contributed by atoms with E-state index in [-0.39, 0.29) is 29.9 Å². The summed E-state index contributed by atoms with van der Waals surface area (Å²) >= 11 is 6.02. The predicted octanol–water partition coefficient (Wildman–Crippen LogP) is 3.01. The van der Waals surface area contributed by atoms with Crippen molar-refractivity contribution in [2.75, 3.05) is 24.1 Å². The van der Waals surface area contributed by atoms with Gasteiger partial charge in [-0.15, -0.1) is 0 Å². The molecule has 0 aliphatic carbocycles. The van der Waals surface area contributed by atoms with Crippen LogP contribution in [0.25, 0.3) is 0 Å². The Hall–Kier alpha value is -2.69. The molecule has 1 aliphatic rings. The number of benzene rings is 1. The van der Waals surface area contributed by atoms with Crippen molar-refractivity contribution in [3.05, 3.63) is 58.7 Å². The molecule has 0 unspecified atom stereocenters. The Balaban J connectivity index is 1.76. The minimum atomic E-state index is -3.56. The van der Waals surface area contributed by atoms with Gasteiger partial charge in [0.05, 0.1) is 11.9 Å². The maximum Gasteiger partial charge on any atom is 0.270 e. The average molecular weight is 537 g/mol. The van der Waals surface area contributed by atoms with Crippen LogP contribution < -0.4 is 10.0 Å². The molecule has 11 heteroatoms. The van der Waals surface area contributed by atoms with Crippen LogP contribution in [0.15, 0.2) is 42.5 Å². The first kappa shape index (κ1) is 27.9. The number of piperidine rings is 1. The number of carbonyl (C=O) groups excluding carboxylic acids is 2. The fourth-order valence-electron chi connectivity index (χ4n) is 4.50. The number of hydrogen-bond donors (Lipinski definition) is 3. The number of anilines is 1. The molecule has 3 rings (SSSR count). The Morgan fingerprint density at radius 2 is 1.78 bits per heavy atom. The predicted molar refractivity (Wildman–Crippen MR) is 139 cm³/mol. The van der Waals surface area contributed by atoms with E-state index in [9.17, 15) is 23.1 Å². The summed E-state index contributed by atoms with van der Waals surface area (Å²) in [6, 6.07) is 10.6. The van der Waals surface area contributed by atoms with Gasteiger partial charge in [0.2, 0.25) is 15.9 Å². The molecule has 2 aromatic rings. The lowest BCUT2D eigenvalue weighted by Crippen LogP contribution is -2.60. The van der Waals surface area contributed by atoms with E-state index in [2.05, 4.69) is 15.0 Å². The Bertz CT molecular complexity index is 1230. The largest absolute Gasteiger partial charge is 0.384 e. The van der Waals surface area contributed by atoms with Gasteiger partial charge >= 0.3 is 0 Å². The van der Waals surface area contributed by atoms with Gasteiger partial charge in [0.15, 0.2) is 0 Å². The molecule has 196 valence electrons. The molecule has 9 nitrogen and oxygen atoms in total. The molecular weight excluding hydrogens is 504 g/mol. The molecule has 0 spiro atoms. The number of likely N-dealkylation sites (tertiary alicyclic amines) is 1. The third-order valence-electron chi connectivity index (χ3n) is 6.57. The van der Waals surface area contributed by atoms with E-state index in [0.29, 0.717) is 18.0 Å². The normalized spacial score (nSPS) is 20.6. The summed E-state index contributed by atoms with van der Waals surface area (Å²) in [7, 11) is -3.56. The van der Waals surface area contributed by atoms with Gasteiger partial charge in [-0.1, -0.05) is 57.5 Å². The number of pyridine rings is 1. The minimum absolute atomic E-state index is 0.0110. The fraction of sp³-hybridized carbons (Fsp3) is 0.480. The smallest absolute Gasteiger partial charge is 0.270 e. The molecule has 2 heterocycles. The van der Waals surface area contributed by atoms with Gasteiger partial charge < -0.3 is 15.3 Å². The Labute approximate surface area is 217 Å². The second kappa shape index (κ2) is 10.4. The lowest BCUT2D eigenvalue weighted by Gasteiger charge is -2.51. The van der Waals surface area contributed by atoms with E-state index in [0.717, 1.165) is 11.8 Å². The highest BCUT2D eigenvalue weighted by atomic mass is 35.5. The maximum atomic E-state index is 13.5. The Kier molecular flexibility index (Phi) is 8.02. The van der Waals surface area contributed by atoms with E-state index in [1.165, 1.54) is 18.2 Å². The van der Waals surface area contributed by atoms with Crippen molar-refractivity contribution < 1.29 is 23.1 Å². The molecule has 2 atom stereocenters. The van der Waals surface area contributed by atoms with Gasteiger partial charge in [0.25, 0.3) is 5.91 Å². The Morgan fingerprint density at radius 3 is 2.33 bits per heavy atom. The molecule has 1 aliphatic heterocycles. The number of hydrogen-bond acceptors (Lipinski definition) is 6. The number of carbonyl (C=O) groups is 2. The molecule has 1 saturated heterocycles. The SMILES string of the molecule is CC(C)[C@@H](NC(=O)c1cccc(NS(C)(=O)=O)n1)C(=O)N1CC[C@](O)(c2ccc(Cl)cc2)C(C)(C)C1. The minimum Gasteiger partial charge on any atom is -0.384 e. The van der Waals surface area contributed by atoms with Gasteiger partial charge in [-0.05, 0) is 42.2 Å². The van der Waals surface area contributed by atoms with Gasteiger partial charge in [-0.3, -0.25) is 14.3 Å². The van der Waals surface area contributed by atoms with Crippen LogP contribution in [0.4, 0.5) is 5.82 Å². The molecule has 1 aromatic carbocycles. The summed E-state index contributed by atoms with van der Waals surface area (Å²) < 4.78 is 25.2. The number of aliphatic hydroxyl groups is 1. The topological polar surface area (TPSA) is 129 Å². The second-order valence-electron chi connectivity index (χ2n) is 10.2. The van der Waals surface area contributed by atoms with Gasteiger partial charge in [-0.2, -0.15) is 0 Å². The average Bonchev–Trinajstić information content (AvgIpc) is 2.78. The summed E-state index contributed by atoms with van der Waals surface area (Å²) in [6.07, 6.45) is 1.32. The van der Waals surface area contributed by atoms with Crippen molar-refractivity contribution in [3.8, 4) is 0 Å². The highest BCUT2D eigenvalue weighted by molar-refractivity contribution is 7.92. The van der Waals surface area contributed by atoms with Crippen LogP contribution in [0.2, 0.25) is 5.02 Å². The molecule has 0 radical (unpaired) electrons. The summed E-state index contributed by atoms with van der Waals surface area (Å²) in [5.41, 5.74) is -1.10. The summed E-state index contributed by atoms with van der Waals surface area (Å²) in [5.74, 6) is -1.06. The Morgan fingerprint density at radius 1 is 1.14 bits per heavy atom. The van der Waals surface area contributed by atoms with Crippen LogP contribution >= 0.6 is 11.6 Å². The van der Waals surface area contributed by atoms with Gasteiger partial charge in [-0.25, -0.2) is 13.4 Å². The fourth-order valence-corrected chi connectivity index (χ4v) is 5.12. The number of halogens is 1. The van der Waals surface area contributed by atoms with Crippen molar-refractivity contribution >= 4 is 39.3 Å². The van der Waals surface area contributed by atoms with Crippen LogP contribution in [-0.4, -0.2) is 60.6 Å². The molecule has 3 N–H and O–H groups in total. The van der Waals surface area contributed by atoms with Crippen LogP contribution in [0.3, 0.4) is 0 Å². The monoisotopic (exact) mass is 536 g/mol. The molecule has 1 fully saturated rings. The zero-order valence-corrected chi connectivity index (χ0v) is 22.7. The number of sulfonamides is 1. The molecule has 1 aromatic heterocycles. The van der Waals surface area contributed by atoms with E-state index in [1.807, 2.05) is 27.7 Å². The first-order valence-electron chi connectivity index (χ1n) is 11.7. The van der Waals surface area contributed by atoms with Crippen molar-refractivity contribution in [3.63, 3.8) is 0 Å². The van der Waals surface area contributed by atoms with Crippen LogP contribution in [0.5, 0.6) is 0 Å². The maximum absolute atomic E-state index is 13.5.